The first-order chi connectivity index (χ1) is 13.4. The molecule has 28 heavy (non-hydrogen) atoms. The molecule has 6 nitrogen and oxygen atoms in total. The predicted octanol–water partition coefficient (Wildman–Crippen LogP) is 5.22. The average Bonchev–Trinajstić information content (AvgIpc) is 2.66. The minimum Gasteiger partial charge on any atom is -0.489 e. The van der Waals surface area contributed by atoms with Crippen molar-refractivity contribution < 1.29 is 9.53 Å². The van der Waals surface area contributed by atoms with Crippen molar-refractivity contribution in [2.24, 2.45) is 0 Å². The van der Waals surface area contributed by atoms with Crippen LogP contribution in [0.5, 0.6) is 5.75 Å². The van der Waals surface area contributed by atoms with E-state index in [1.54, 1.807) is 18.2 Å². The second-order valence-corrected chi connectivity index (χ2v) is 6.90. The highest BCUT2D eigenvalue weighted by atomic mass is 35.5. The maximum atomic E-state index is 12.7. The molecule has 0 aliphatic carbocycles. The first kappa shape index (κ1) is 19.6. The summed E-state index contributed by atoms with van der Waals surface area (Å²) in [6.45, 7) is 5.80. The van der Waals surface area contributed by atoms with E-state index < -0.39 is 0 Å². The fraction of sp³-hybridized carbons (Fsp3) is 0.190. The van der Waals surface area contributed by atoms with Crippen LogP contribution in [0.2, 0.25) is 5.02 Å². The zero-order chi connectivity index (χ0) is 20.1. The van der Waals surface area contributed by atoms with Crippen LogP contribution in [-0.2, 0) is 0 Å². The SMILES string of the molecule is Cc1ccc(Cl)cc1Nc1nccc(C(=O)Nc2ccccc2OC(C)C)n1. The fourth-order valence-corrected chi connectivity index (χ4v) is 2.68. The Labute approximate surface area is 168 Å². The van der Waals surface area contributed by atoms with Crippen molar-refractivity contribution >= 4 is 34.8 Å². The van der Waals surface area contributed by atoms with Crippen molar-refractivity contribution in [1.82, 2.24) is 9.97 Å². The Morgan fingerprint density at radius 3 is 2.68 bits per heavy atom. The molecule has 0 aliphatic heterocycles. The Bertz CT molecular complexity index is 992. The molecule has 7 heteroatoms. The molecule has 3 aromatic rings. The van der Waals surface area contributed by atoms with E-state index in [9.17, 15) is 4.79 Å². The van der Waals surface area contributed by atoms with Crippen LogP contribution in [0.25, 0.3) is 0 Å². The minimum absolute atomic E-state index is 0.00570. The molecule has 1 heterocycles. The van der Waals surface area contributed by atoms with Gasteiger partial charge in [-0.05, 0) is 56.7 Å². The zero-order valence-electron chi connectivity index (χ0n) is 15.9. The highest BCUT2D eigenvalue weighted by Gasteiger charge is 2.13. The number of benzene rings is 2. The van der Waals surface area contributed by atoms with E-state index in [0.717, 1.165) is 11.3 Å². The van der Waals surface area contributed by atoms with E-state index in [4.69, 9.17) is 16.3 Å². The van der Waals surface area contributed by atoms with Gasteiger partial charge in [0.05, 0.1) is 11.8 Å². The number of carbonyl (C=O) groups is 1. The van der Waals surface area contributed by atoms with Crippen LogP contribution in [0.15, 0.2) is 54.7 Å². The molecule has 0 radical (unpaired) electrons. The largest absolute Gasteiger partial charge is 0.489 e. The van der Waals surface area contributed by atoms with E-state index in [0.29, 0.717) is 22.4 Å². The van der Waals surface area contributed by atoms with Gasteiger partial charge in [0, 0.05) is 16.9 Å². The third kappa shape index (κ3) is 4.98. The molecule has 0 saturated heterocycles. The molecule has 0 spiro atoms. The topological polar surface area (TPSA) is 76.1 Å². The summed E-state index contributed by atoms with van der Waals surface area (Å²) in [4.78, 5) is 21.2. The number of amides is 1. The van der Waals surface area contributed by atoms with Crippen LogP contribution >= 0.6 is 11.6 Å². The van der Waals surface area contributed by atoms with E-state index in [2.05, 4.69) is 20.6 Å². The zero-order valence-corrected chi connectivity index (χ0v) is 16.6. The number of rotatable bonds is 6. The smallest absolute Gasteiger partial charge is 0.274 e. The maximum absolute atomic E-state index is 12.7. The molecule has 0 bridgehead atoms. The summed E-state index contributed by atoms with van der Waals surface area (Å²) >= 11 is 6.05. The quantitative estimate of drug-likeness (QED) is 0.597. The molecule has 3 rings (SSSR count). The number of aromatic nitrogens is 2. The second kappa shape index (κ2) is 8.71. The Kier molecular flexibility index (Phi) is 6.11. The number of hydrogen-bond acceptors (Lipinski definition) is 5. The van der Waals surface area contributed by atoms with Gasteiger partial charge in [0.2, 0.25) is 5.95 Å². The lowest BCUT2D eigenvalue weighted by molar-refractivity contribution is 0.102. The lowest BCUT2D eigenvalue weighted by Crippen LogP contribution is -2.16. The van der Waals surface area contributed by atoms with Crippen molar-refractivity contribution in [3.05, 3.63) is 71.0 Å². The van der Waals surface area contributed by atoms with Crippen LogP contribution in [0.1, 0.15) is 29.9 Å². The summed E-state index contributed by atoms with van der Waals surface area (Å²) < 4.78 is 5.74. The van der Waals surface area contributed by atoms with Crippen LogP contribution in [0.3, 0.4) is 0 Å². The normalized spacial score (nSPS) is 10.6. The highest BCUT2D eigenvalue weighted by Crippen LogP contribution is 2.26. The van der Waals surface area contributed by atoms with Crippen molar-refractivity contribution in [3.63, 3.8) is 0 Å². The number of nitrogens with one attached hydrogen (secondary N) is 2. The molecule has 0 aliphatic rings. The molecule has 0 saturated carbocycles. The maximum Gasteiger partial charge on any atom is 0.274 e. The van der Waals surface area contributed by atoms with Crippen LogP contribution in [0, 0.1) is 6.92 Å². The van der Waals surface area contributed by atoms with Gasteiger partial charge < -0.3 is 15.4 Å². The molecule has 0 atom stereocenters. The van der Waals surface area contributed by atoms with E-state index in [-0.39, 0.29) is 17.7 Å². The van der Waals surface area contributed by atoms with E-state index in [1.807, 2.05) is 51.1 Å². The number of anilines is 3. The van der Waals surface area contributed by atoms with E-state index >= 15 is 0 Å². The van der Waals surface area contributed by atoms with Crippen LogP contribution < -0.4 is 15.4 Å². The molecule has 144 valence electrons. The summed E-state index contributed by atoms with van der Waals surface area (Å²) in [6, 6.07) is 14.3. The van der Waals surface area contributed by atoms with Crippen LogP contribution in [-0.4, -0.2) is 22.0 Å². The molecule has 2 N–H and O–H groups in total. The first-order valence-electron chi connectivity index (χ1n) is 8.85. The summed E-state index contributed by atoms with van der Waals surface area (Å²) in [5.41, 5.74) is 2.58. The second-order valence-electron chi connectivity index (χ2n) is 6.47. The number of carbonyl (C=O) groups excluding carboxylic acids is 1. The van der Waals surface area contributed by atoms with Gasteiger partial charge in [-0.15, -0.1) is 0 Å². The number of ether oxygens (including phenoxy) is 1. The lowest BCUT2D eigenvalue weighted by Gasteiger charge is -2.14. The summed E-state index contributed by atoms with van der Waals surface area (Å²) in [6.07, 6.45) is 1.52. The van der Waals surface area contributed by atoms with Crippen LogP contribution in [0.4, 0.5) is 17.3 Å². The molecule has 0 fully saturated rings. The highest BCUT2D eigenvalue weighted by molar-refractivity contribution is 6.30. The third-order valence-electron chi connectivity index (χ3n) is 3.83. The fourth-order valence-electron chi connectivity index (χ4n) is 2.51. The Hall–Kier alpha value is -3.12. The number of nitrogens with zero attached hydrogens (tertiary/aromatic N) is 2. The summed E-state index contributed by atoms with van der Waals surface area (Å²) in [5, 5.41) is 6.54. The number of aryl methyl sites for hydroxylation is 1. The number of para-hydroxylation sites is 2. The third-order valence-corrected chi connectivity index (χ3v) is 4.07. The Morgan fingerprint density at radius 2 is 1.89 bits per heavy atom. The monoisotopic (exact) mass is 396 g/mol. The van der Waals surface area contributed by atoms with Gasteiger partial charge in [-0.2, -0.15) is 0 Å². The van der Waals surface area contributed by atoms with E-state index in [1.165, 1.54) is 6.20 Å². The van der Waals surface area contributed by atoms with Gasteiger partial charge in [-0.1, -0.05) is 29.8 Å². The minimum atomic E-state index is -0.354. The molecule has 1 amide bonds. The standard InChI is InChI=1S/C21H21ClN4O2/c1-13(2)28-19-7-5-4-6-16(19)24-20(27)17-10-11-23-21(25-17)26-18-12-15(22)9-8-14(18)3/h4-13H,1-3H3,(H,24,27)(H,23,25,26). The lowest BCUT2D eigenvalue weighted by atomic mass is 10.2. The number of halogens is 1. The van der Waals surface area contributed by atoms with Gasteiger partial charge in [0.25, 0.3) is 5.91 Å². The molecule has 2 aromatic carbocycles. The Morgan fingerprint density at radius 1 is 1.11 bits per heavy atom. The predicted molar refractivity (Wildman–Crippen MR) is 112 cm³/mol. The number of hydrogen-bond donors (Lipinski definition) is 2. The molecule has 0 unspecified atom stereocenters. The van der Waals surface area contributed by atoms with Crippen molar-refractivity contribution in [2.75, 3.05) is 10.6 Å². The van der Waals surface area contributed by atoms with Crippen molar-refractivity contribution in [1.29, 1.82) is 0 Å². The van der Waals surface area contributed by atoms with Gasteiger partial charge >= 0.3 is 0 Å². The first-order valence-corrected chi connectivity index (χ1v) is 9.23. The molecular weight excluding hydrogens is 376 g/mol. The summed E-state index contributed by atoms with van der Waals surface area (Å²) in [7, 11) is 0. The molecule has 1 aromatic heterocycles. The molecular formula is C21H21ClN4O2. The van der Waals surface area contributed by atoms with Gasteiger partial charge in [-0.3, -0.25) is 4.79 Å². The Balaban J connectivity index is 1.79. The van der Waals surface area contributed by atoms with Gasteiger partial charge in [-0.25, -0.2) is 9.97 Å². The average molecular weight is 397 g/mol. The van der Waals surface area contributed by atoms with Gasteiger partial charge in [0.15, 0.2) is 0 Å². The van der Waals surface area contributed by atoms with Crippen molar-refractivity contribution in [3.8, 4) is 5.75 Å². The van der Waals surface area contributed by atoms with Crippen molar-refractivity contribution in [2.45, 2.75) is 26.9 Å². The summed E-state index contributed by atoms with van der Waals surface area (Å²) in [5.74, 6) is 0.561. The van der Waals surface area contributed by atoms with Gasteiger partial charge in [0.1, 0.15) is 11.4 Å².